The van der Waals surface area contributed by atoms with Crippen LogP contribution in [0.5, 0.6) is 0 Å². The predicted octanol–water partition coefficient (Wildman–Crippen LogP) is 3.29. The van der Waals surface area contributed by atoms with Crippen molar-refractivity contribution in [1.29, 1.82) is 0 Å². The molecule has 1 aromatic rings. The number of rotatable bonds is 3. The maximum Gasteiger partial charge on any atom is 0.227 e. The van der Waals surface area contributed by atoms with Gasteiger partial charge >= 0.3 is 0 Å². The Bertz CT molecular complexity index is 687. The number of piperidine rings is 1. The van der Waals surface area contributed by atoms with Crippen LogP contribution in [0.15, 0.2) is 24.3 Å². The van der Waals surface area contributed by atoms with Crippen molar-refractivity contribution in [2.75, 3.05) is 19.6 Å². The number of hydrogen-bond acceptors (Lipinski definition) is 2. The van der Waals surface area contributed by atoms with Gasteiger partial charge in [-0.15, -0.1) is 0 Å². The lowest BCUT2D eigenvalue weighted by atomic mass is 9.96. The number of hydrogen-bond donors (Lipinski definition) is 1. The standard InChI is InChI=1S/C22H30N2O2/c1-14(2)15-7-5-8-16(10-15)21-18-12-24(13-19(18)21)22(26)17-6-3-4-9-20(25)23-11-17/h5,7-8,10,14,17-19,21H,3-4,6,9,11-13H2,1-2H3,(H,23,25)/t17-,18-,19+,21?/m1/s1. The maximum absolute atomic E-state index is 12.9. The van der Waals surface area contributed by atoms with Crippen LogP contribution in [0, 0.1) is 17.8 Å². The highest BCUT2D eigenvalue weighted by Crippen LogP contribution is 2.58. The number of benzene rings is 1. The summed E-state index contributed by atoms with van der Waals surface area (Å²) in [6.07, 6.45) is 3.39. The average Bonchev–Trinajstić information content (AvgIpc) is 3.12. The molecule has 1 aliphatic carbocycles. The Balaban J connectivity index is 1.36. The summed E-state index contributed by atoms with van der Waals surface area (Å²) in [4.78, 5) is 26.6. The predicted molar refractivity (Wildman–Crippen MR) is 102 cm³/mol. The van der Waals surface area contributed by atoms with Crippen molar-refractivity contribution < 1.29 is 9.59 Å². The van der Waals surface area contributed by atoms with Crippen LogP contribution in [-0.4, -0.2) is 36.3 Å². The van der Waals surface area contributed by atoms with E-state index in [1.807, 2.05) is 0 Å². The van der Waals surface area contributed by atoms with Gasteiger partial charge in [0, 0.05) is 26.1 Å². The number of carbonyl (C=O) groups excluding carboxylic acids is 2. The van der Waals surface area contributed by atoms with E-state index in [-0.39, 0.29) is 17.7 Å². The first-order chi connectivity index (χ1) is 12.5. The SMILES string of the molecule is CC(C)c1cccc(C2[C@H]3CN(C(=O)[C@@H]4CCCCC(=O)NC4)C[C@@H]23)c1. The zero-order valence-corrected chi connectivity index (χ0v) is 15.9. The monoisotopic (exact) mass is 354 g/mol. The van der Waals surface area contributed by atoms with Crippen LogP contribution in [0.25, 0.3) is 0 Å². The molecule has 1 saturated carbocycles. The second kappa shape index (κ2) is 7.05. The number of carbonyl (C=O) groups is 2. The molecule has 0 radical (unpaired) electrons. The number of likely N-dealkylation sites (tertiary alicyclic amines) is 1. The smallest absolute Gasteiger partial charge is 0.227 e. The Morgan fingerprint density at radius 3 is 2.69 bits per heavy atom. The van der Waals surface area contributed by atoms with E-state index in [0.29, 0.717) is 36.6 Å². The first kappa shape index (κ1) is 17.6. The van der Waals surface area contributed by atoms with Gasteiger partial charge in [-0.1, -0.05) is 44.5 Å². The molecule has 1 N–H and O–H groups in total. The van der Waals surface area contributed by atoms with Gasteiger partial charge in [0.15, 0.2) is 0 Å². The highest BCUT2D eigenvalue weighted by molar-refractivity contribution is 5.81. The Labute approximate surface area is 156 Å². The van der Waals surface area contributed by atoms with Gasteiger partial charge in [0.1, 0.15) is 0 Å². The fraction of sp³-hybridized carbons (Fsp3) is 0.636. The number of nitrogens with one attached hydrogen (secondary N) is 1. The molecule has 140 valence electrons. The fourth-order valence-corrected chi connectivity index (χ4v) is 4.90. The summed E-state index contributed by atoms with van der Waals surface area (Å²) in [5.74, 6) is 2.77. The van der Waals surface area contributed by atoms with E-state index < -0.39 is 0 Å². The minimum absolute atomic E-state index is 0.0283. The van der Waals surface area contributed by atoms with Crippen molar-refractivity contribution in [3.05, 3.63) is 35.4 Å². The van der Waals surface area contributed by atoms with Crippen LogP contribution in [0.3, 0.4) is 0 Å². The third kappa shape index (κ3) is 3.38. The van der Waals surface area contributed by atoms with Crippen molar-refractivity contribution in [3.63, 3.8) is 0 Å². The van der Waals surface area contributed by atoms with Crippen LogP contribution < -0.4 is 5.32 Å². The van der Waals surface area contributed by atoms with Crippen molar-refractivity contribution in [2.24, 2.45) is 17.8 Å². The minimum Gasteiger partial charge on any atom is -0.355 e. The average molecular weight is 354 g/mol. The molecule has 0 spiro atoms. The number of amides is 2. The highest BCUT2D eigenvalue weighted by atomic mass is 16.2. The lowest BCUT2D eigenvalue weighted by Crippen LogP contribution is -2.42. The molecule has 2 saturated heterocycles. The summed E-state index contributed by atoms with van der Waals surface area (Å²) in [7, 11) is 0. The summed E-state index contributed by atoms with van der Waals surface area (Å²) in [6.45, 7) is 6.78. The molecule has 2 heterocycles. The molecular formula is C22H30N2O2. The molecule has 0 bridgehead atoms. The summed E-state index contributed by atoms with van der Waals surface area (Å²) in [5, 5.41) is 2.93. The molecule has 4 nitrogen and oxygen atoms in total. The zero-order valence-electron chi connectivity index (χ0n) is 15.9. The van der Waals surface area contributed by atoms with E-state index in [9.17, 15) is 9.59 Å². The van der Waals surface area contributed by atoms with Gasteiger partial charge in [-0.05, 0) is 47.6 Å². The molecule has 1 unspecified atom stereocenters. The second-order valence-corrected chi connectivity index (χ2v) is 8.67. The van der Waals surface area contributed by atoms with E-state index in [2.05, 4.69) is 48.3 Å². The Morgan fingerprint density at radius 2 is 1.96 bits per heavy atom. The first-order valence-corrected chi connectivity index (χ1v) is 10.2. The zero-order chi connectivity index (χ0) is 18.3. The fourth-order valence-electron chi connectivity index (χ4n) is 4.90. The van der Waals surface area contributed by atoms with Gasteiger partial charge in [0.05, 0.1) is 5.92 Å². The molecule has 4 atom stereocenters. The van der Waals surface area contributed by atoms with Crippen molar-refractivity contribution >= 4 is 11.8 Å². The van der Waals surface area contributed by atoms with E-state index >= 15 is 0 Å². The normalized spacial score (nSPS) is 31.2. The lowest BCUT2D eigenvalue weighted by Gasteiger charge is -2.27. The van der Waals surface area contributed by atoms with Crippen LogP contribution in [-0.2, 0) is 9.59 Å². The minimum atomic E-state index is -0.0283. The van der Waals surface area contributed by atoms with Crippen molar-refractivity contribution in [3.8, 4) is 0 Å². The second-order valence-electron chi connectivity index (χ2n) is 8.67. The lowest BCUT2D eigenvalue weighted by molar-refractivity contribution is -0.135. The molecule has 1 aromatic carbocycles. The van der Waals surface area contributed by atoms with Crippen LogP contribution in [0.1, 0.15) is 62.5 Å². The van der Waals surface area contributed by atoms with Gasteiger partial charge in [-0.2, -0.15) is 0 Å². The van der Waals surface area contributed by atoms with Crippen LogP contribution >= 0.6 is 0 Å². The van der Waals surface area contributed by atoms with Crippen molar-refractivity contribution in [1.82, 2.24) is 10.2 Å². The van der Waals surface area contributed by atoms with Gasteiger partial charge in [0.2, 0.25) is 11.8 Å². The topological polar surface area (TPSA) is 49.4 Å². The van der Waals surface area contributed by atoms with Gasteiger partial charge in [0.25, 0.3) is 0 Å². The Kier molecular flexibility index (Phi) is 4.76. The van der Waals surface area contributed by atoms with Crippen LogP contribution in [0.2, 0.25) is 0 Å². The maximum atomic E-state index is 12.9. The quantitative estimate of drug-likeness (QED) is 0.905. The molecule has 26 heavy (non-hydrogen) atoms. The first-order valence-electron chi connectivity index (χ1n) is 10.2. The third-order valence-corrected chi connectivity index (χ3v) is 6.57. The van der Waals surface area contributed by atoms with Gasteiger partial charge in [-0.25, -0.2) is 0 Å². The summed E-state index contributed by atoms with van der Waals surface area (Å²) in [6, 6.07) is 9.01. The van der Waals surface area contributed by atoms with E-state index in [1.54, 1.807) is 0 Å². The van der Waals surface area contributed by atoms with Gasteiger partial charge < -0.3 is 10.2 Å². The molecule has 4 heteroatoms. The van der Waals surface area contributed by atoms with E-state index in [1.165, 1.54) is 11.1 Å². The third-order valence-electron chi connectivity index (χ3n) is 6.57. The largest absolute Gasteiger partial charge is 0.355 e. The Hall–Kier alpha value is -1.84. The molecular weight excluding hydrogens is 324 g/mol. The summed E-state index contributed by atoms with van der Waals surface area (Å²) in [5.41, 5.74) is 2.86. The van der Waals surface area contributed by atoms with Crippen molar-refractivity contribution in [2.45, 2.75) is 51.4 Å². The number of fused-ring (bicyclic) bond motifs is 1. The van der Waals surface area contributed by atoms with Crippen LogP contribution in [0.4, 0.5) is 0 Å². The van der Waals surface area contributed by atoms with E-state index in [4.69, 9.17) is 0 Å². The molecule has 2 amide bonds. The highest BCUT2D eigenvalue weighted by Gasteiger charge is 2.57. The number of nitrogens with zero attached hydrogens (tertiary/aromatic N) is 1. The molecule has 3 fully saturated rings. The molecule has 0 aromatic heterocycles. The molecule has 4 rings (SSSR count). The van der Waals surface area contributed by atoms with E-state index in [0.717, 1.165) is 32.4 Å². The molecule has 3 aliphatic rings. The summed E-state index contributed by atoms with van der Waals surface area (Å²) < 4.78 is 0. The van der Waals surface area contributed by atoms with Gasteiger partial charge in [-0.3, -0.25) is 9.59 Å². The summed E-state index contributed by atoms with van der Waals surface area (Å²) >= 11 is 0. The molecule has 2 aliphatic heterocycles. The Morgan fingerprint density at radius 1 is 1.19 bits per heavy atom.